The SMILES string of the molecule is CCCSc1ccc(C(F)(F)F)cc1[N+](=O)[O-]. The Morgan fingerprint density at radius 3 is 2.53 bits per heavy atom. The minimum atomic E-state index is -4.56. The predicted molar refractivity (Wildman–Crippen MR) is 59.1 cm³/mol. The number of nitrogens with zero attached hydrogens (tertiary/aromatic N) is 1. The minimum absolute atomic E-state index is 0.268. The quantitative estimate of drug-likeness (QED) is 0.467. The van der Waals surface area contributed by atoms with Crippen molar-refractivity contribution in [2.24, 2.45) is 0 Å². The minimum Gasteiger partial charge on any atom is -0.258 e. The number of alkyl halides is 3. The van der Waals surface area contributed by atoms with Crippen LogP contribution >= 0.6 is 11.8 Å². The number of nitro benzene ring substituents is 1. The molecule has 3 nitrogen and oxygen atoms in total. The van der Waals surface area contributed by atoms with Gasteiger partial charge in [0.05, 0.1) is 15.4 Å². The Bertz CT molecular complexity index is 421. The van der Waals surface area contributed by atoms with E-state index >= 15 is 0 Å². The van der Waals surface area contributed by atoms with Gasteiger partial charge in [-0.15, -0.1) is 11.8 Å². The molecule has 0 N–H and O–H groups in total. The second-order valence-corrected chi connectivity index (χ2v) is 4.42. The molecular formula is C10H10F3NO2S. The van der Waals surface area contributed by atoms with Crippen molar-refractivity contribution in [3.8, 4) is 0 Å². The van der Waals surface area contributed by atoms with Crippen LogP contribution in [-0.2, 0) is 6.18 Å². The molecule has 0 amide bonds. The second-order valence-electron chi connectivity index (χ2n) is 3.29. The van der Waals surface area contributed by atoms with E-state index in [1.807, 2.05) is 6.92 Å². The van der Waals surface area contributed by atoms with Crippen LogP contribution in [0.25, 0.3) is 0 Å². The van der Waals surface area contributed by atoms with Gasteiger partial charge in [0.2, 0.25) is 0 Å². The molecule has 94 valence electrons. The monoisotopic (exact) mass is 265 g/mol. The summed E-state index contributed by atoms with van der Waals surface area (Å²) in [4.78, 5) is 10.2. The zero-order valence-corrected chi connectivity index (χ0v) is 9.77. The average Bonchev–Trinajstić information content (AvgIpc) is 2.24. The molecule has 0 saturated carbocycles. The van der Waals surface area contributed by atoms with E-state index < -0.39 is 22.4 Å². The fraction of sp³-hybridized carbons (Fsp3) is 0.400. The van der Waals surface area contributed by atoms with Gasteiger partial charge in [-0.3, -0.25) is 10.1 Å². The molecule has 0 fully saturated rings. The van der Waals surface area contributed by atoms with Crippen molar-refractivity contribution in [1.29, 1.82) is 0 Å². The highest BCUT2D eigenvalue weighted by molar-refractivity contribution is 7.99. The van der Waals surface area contributed by atoms with E-state index in [0.717, 1.165) is 18.6 Å². The first kappa shape index (κ1) is 13.8. The zero-order chi connectivity index (χ0) is 13.1. The lowest BCUT2D eigenvalue weighted by Crippen LogP contribution is -2.05. The molecule has 0 spiro atoms. The number of nitro groups is 1. The average molecular weight is 265 g/mol. The van der Waals surface area contributed by atoms with E-state index in [1.165, 1.54) is 11.8 Å². The number of rotatable bonds is 4. The third-order valence-electron chi connectivity index (χ3n) is 1.94. The van der Waals surface area contributed by atoms with Crippen molar-refractivity contribution < 1.29 is 18.1 Å². The van der Waals surface area contributed by atoms with Crippen molar-refractivity contribution in [3.05, 3.63) is 33.9 Å². The Hall–Kier alpha value is -1.24. The molecule has 1 rings (SSSR count). The molecule has 0 aromatic heterocycles. The summed E-state index contributed by atoms with van der Waals surface area (Å²) >= 11 is 1.19. The van der Waals surface area contributed by atoms with Gasteiger partial charge in [0.1, 0.15) is 0 Å². The molecule has 17 heavy (non-hydrogen) atoms. The van der Waals surface area contributed by atoms with Crippen LogP contribution in [0.3, 0.4) is 0 Å². The van der Waals surface area contributed by atoms with Crippen molar-refractivity contribution in [1.82, 2.24) is 0 Å². The fourth-order valence-corrected chi connectivity index (χ4v) is 2.04. The molecule has 0 aliphatic carbocycles. The summed E-state index contributed by atoms with van der Waals surface area (Å²) in [6.45, 7) is 1.89. The first-order valence-corrected chi connectivity index (χ1v) is 5.83. The van der Waals surface area contributed by atoms with Gasteiger partial charge in [-0.25, -0.2) is 0 Å². The number of hydrogen-bond acceptors (Lipinski definition) is 3. The largest absolute Gasteiger partial charge is 0.416 e. The molecule has 0 aliphatic rings. The summed E-state index contributed by atoms with van der Waals surface area (Å²) in [6.07, 6.45) is -3.76. The van der Waals surface area contributed by atoms with Crippen LogP contribution in [0.5, 0.6) is 0 Å². The van der Waals surface area contributed by atoms with E-state index in [-0.39, 0.29) is 4.90 Å². The van der Waals surface area contributed by atoms with E-state index in [9.17, 15) is 23.3 Å². The smallest absolute Gasteiger partial charge is 0.258 e. The molecule has 1 aromatic carbocycles. The lowest BCUT2D eigenvalue weighted by Gasteiger charge is -2.08. The number of hydrogen-bond donors (Lipinski definition) is 0. The Morgan fingerprint density at radius 1 is 1.41 bits per heavy atom. The van der Waals surface area contributed by atoms with E-state index in [1.54, 1.807) is 0 Å². The van der Waals surface area contributed by atoms with Crippen LogP contribution in [0.15, 0.2) is 23.1 Å². The van der Waals surface area contributed by atoms with E-state index in [4.69, 9.17) is 0 Å². The summed E-state index contributed by atoms with van der Waals surface area (Å²) < 4.78 is 37.2. The maximum absolute atomic E-state index is 12.4. The second kappa shape index (κ2) is 5.39. The summed E-state index contributed by atoms with van der Waals surface area (Å²) in [5.74, 6) is 0.631. The van der Waals surface area contributed by atoms with Gasteiger partial charge in [-0.2, -0.15) is 13.2 Å². The standard InChI is InChI=1S/C10H10F3NO2S/c1-2-5-17-9-4-3-7(10(11,12)13)6-8(9)14(15)16/h3-4,6H,2,5H2,1H3. The van der Waals surface area contributed by atoms with Crippen LogP contribution in [-0.4, -0.2) is 10.7 Å². The first-order valence-electron chi connectivity index (χ1n) is 4.84. The van der Waals surface area contributed by atoms with Crippen molar-refractivity contribution in [2.75, 3.05) is 5.75 Å². The van der Waals surface area contributed by atoms with Crippen LogP contribution in [0.4, 0.5) is 18.9 Å². The van der Waals surface area contributed by atoms with Crippen molar-refractivity contribution in [2.45, 2.75) is 24.4 Å². The summed E-state index contributed by atoms with van der Waals surface area (Å²) in [5, 5.41) is 10.7. The number of benzene rings is 1. The van der Waals surface area contributed by atoms with Crippen LogP contribution in [0, 0.1) is 10.1 Å². The molecule has 0 unspecified atom stereocenters. The Kier molecular flexibility index (Phi) is 4.39. The topological polar surface area (TPSA) is 43.1 Å². The van der Waals surface area contributed by atoms with Gasteiger partial charge in [-0.05, 0) is 24.3 Å². The third-order valence-corrected chi connectivity index (χ3v) is 3.21. The van der Waals surface area contributed by atoms with Gasteiger partial charge in [0.25, 0.3) is 5.69 Å². The Labute approximate surface area is 100 Å². The molecular weight excluding hydrogens is 255 g/mol. The van der Waals surface area contributed by atoms with Crippen molar-refractivity contribution >= 4 is 17.4 Å². The molecule has 0 radical (unpaired) electrons. The van der Waals surface area contributed by atoms with E-state index in [0.29, 0.717) is 11.8 Å². The predicted octanol–water partition coefficient (Wildman–Crippen LogP) is 4.12. The maximum atomic E-state index is 12.4. The van der Waals surface area contributed by atoms with Gasteiger partial charge in [0, 0.05) is 6.07 Å². The molecule has 7 heteroatoms. The van der Waals surface area contributed by atoms with Gasteiger partial charge < -0.3 is 0 Å². The summed E-state index contributed by atoms with van der Waals surface area (Å²) in [7, 11) is 0. The van der Waals surface area contributed by atoms with Crippen molar-refractivity contribution in [3.63, 3.8) is 0 Å². The summed E-state index contributed by atoms with van der Waals surface area (Å²) in [5.41, 5.74) is -1.48. The maximum Gasteiger partial charge on any atom is 0.416 e. The Morgan fingerprint density at radius 2 is 2.06 bits per heavy atom. The van der Waals surface area contributed by atoms with Crippen LogP contribution < -0.4 is 0 Å². The van der Waals surface area contributed by atoms with Gasteiger partial charge in [-0.1, -0.05) is 6.92 Å². The van der Waals surface area contributed by atoms with E-state index in [2.05, 4.69) is 0 Å². The first-order chi connectivity index (χ1) is 7.86. The third kappa shape index (κ3) is 3.62. The molecule has 0 heterocycles. The molecule has 0 aliphatic heterocycles. The molecule has 0 saturated heterocycles. The highest BCUT2D eigenvalue weighted by atomic mass is 32.2. The Balaban J connectivity index is 3.13. The van der Waals surface area contributed by atoms with Crippen LogP contribution in [0.2, 0.25) is 0 Å². The van der Waals surface area contributed by atoms with Crippen LogP contribution in [0.1, 0.15) is 18.9 Å². The van der Waals surface area contributed by atoms with Gasteiger partial charge >= 0.3 is 6.18 Å². The van der Waals surface area contributed by atoms with Gasteiger partial charge in [0.15, 0.2) is 0 Å². The zero-order valence-electron chi connectivity index (χ0n) is 8.95. The number of thioether (sulfide) groups is 1. The highest BCUT2D eigenvalue weighted by Gasteiger charge is 2.32. The molecule has 1 aromatic rings. The molecule has 0 bridgehead atoms. The normalized spacial score (nSPS) is 11.5. The fourth-order valence-electron chi connectivity index (χ4n) is 1.17. The molecule has 0 atom stereocenters. The number of halogens is 3. The highest BCUT2D eigenvalue weighted by Crippen LogP contribution is 2.36. The lowest BCUT2D eigenvalue weighted by atomic mass is 10.2. The summed E-state index contributed by atoms with van der Waals surface area (Å²) in [6, 6.07) is 2.60. The lowest BCUT2D eigenvalue weighted by molar-refractivity contribution is -0.388.